The van der Waals surface area contributed by atoms with E-state index in [0.29, 0.717) is 6.42 Å². The van der Waals surface area contributed by atoms with E-state index in [9.17, 15) is 9.59 Å². The molecule has 0 radical (unpaired) electrons. The van der Waals surface area contributed by atoms with Crippen molar-refractivity contribution >= 4 is 23.6 Å². The molecule has 5 heteroatoms. The summed E-state index contributed by atoms with van der Waals surface area (Å²) in [7, 11) is 0. The fourth-order valence-corrected chi connectivity index (χ4v) is 2.42. The van der Waals surface area contributed by atoms with E-state index in [1.165, 1.54) is 0 Å². The number of carbonyl (C=O) groups is 2. The quantitative estimate of drug-likeness (QED) is 0.856. The lowest BCUT2D eigenvalue weighted by Crippen LogP contribution is -2.57. The van der Waals surface area contributed by atoms with Gasteiger partial charge in [-0.1, -0.05) is 30.3 Å². The van der Waals surface area contributed by atoms with Crippen LogP contribution in [0, 0.1) is 0 Å². The molecule has 0 saturated carbocycles. The van der Waals surface area contributed by atoms with Crippen molar-refractivity contribution < 1.29 is 9.59 Å². The molecule has 2 rings (SSSR count). The minimum Gasteiger partial charge on any atom is -0.342 e. The van der Waals surface area contributed by atoms with Crippen LogP contribution in [0.5, 0.6) is 0 Å². The van der Waals surface area contributed by atoms with Crippen molar-refractivity contribution in [2.45, 2.75) is 18.5 Å². The average molecular weight is 264 g/mol. The van der Waals surface area contributed by atoms with Gasteiger partial charge in [-0.05, 0) is 24.0 Å². The topological polar surface area (TPSA) is 58.2 Å². The van der Waals surface area contributed by atoms with Gasteiger partial charge >= 0.3 is 0 Å². The van der Waals surface area contributed by atoms with Gasteiger partial charge in [-0.2, -0.15) is 11.8 Å². The van der Waals surface area contributed by atoms with Crippen LogP contribution < -0.4 is 10.6 Å². The molecule has 0 aromatic heterocycles. The predicted molar refractivity (Wildman–Crippen MR) is 72.3 cm³/mol. The van der Waals surface area contributed by atoms with Crippen molar-refractivity contribution in [2.75, 3.05) is 12.0 Å². The number of amides is 2. The number of hydrogen-bond acceptors (Lipinski definition) is 3. The zero-order valence-corrected chi connectivity index (χ0v) is 11.0. The summed E-state index contributed by atoms with van der Waals surface area (Å²) in [6.45, 7) is 0. The summed E-state index contributed by atoms with van der Waals surface area (Å²) in [5.74, 6) is 0.623. The molecule has 4 nitrogen and oxygen atoms in total. The first-order valence-corrected chi connectivity index (χ1v) is 7.26. The highest BCUT2D eigenvalue weighted by atomic mass is 32.2. The Balaban J connectivity index is 2.06. The van der Waals surface area contributed by atoms with Gasteiger partial charge in [0, 0.05) is 0 Å². The Morgan fingerprint density at radius 1 is 1.11 bits per heavy atom. The SMILES string of the molecule is CSCC[C@@H]1NC(=O)[C@@H](c2ccccc2)NC1=O. The maximum atomic E-state index is 12.0. The van der Waals surface area contributed by atoms with Crippen LogP contribution in [-0.4, -0.2) is 29.9 Å². The first-order valence-electron chi connectivity index (χ1n) is 5.87. The van der Waals surface area contributed by atoms with Crippen LogP contribution >= 0.6 is 11.8 Å². The third-order valence-corrected chi connectivity index (χ3v) is 3.57. The fourth-order valence-electron chi connectivity index (χ4n) is 1.95. The van der Waals surface area contributed by atoms with Gasteiger partial charge in [0.1, 0.15) is 12.1 Å². The van der Waals surface area contributed by atoms with Crippen LogP contribution in [-0.2, 0) is 9.59 Å². The zero-order chi connectivity index (χ0) is 13.0. The summed E-state index contributed by atoms with van der Waals surface area (Å²) in [5, 5.41) is 5.57. The molecule has 18 heavy (non-hydrogen) atoms. The predicted octanol–water partition coefficient (Wildman–Crippen LogP) is 1.10. The molecule has 1 fully saturated rings. The summed E-state index contributed by atoms with van der Waals surface area (Å²) in [5.41, 5.74) is 0.812. The molecule has 1 aliphatic heterocycles. The summed E-state index contributed by atoms with van der Waals surface area (Å²) in [6.07, 6.45) is 2.65. The van der Waals surface area contributed by atoms with Crippen molar-refractivity contribution in [1.29, 1.82) is 0 Å². The highest BCUT2D eigenvalue weighted by Crippen LogP contribution is 2.17. The molecule has 1 aromatic rings. The van der Waals surface area contributed by atoms with Crippen LogP contribution in [0.15, 0.2) is 30.3 Å². The van der Waals surface area contributed by atoms with E-state index in [1.54, 1.807) is 11.8 Å². The first-order chi connectivity index (χ1) is 8.72. The second kappa shape index (κ2) is 5.91. The molecule has 0 unspecified atom stereocenters. The standard InChI is InChI=1S/C13H16N2O2S/c1-18-8-7-10-12(16)15-11(13(17)14-10)9-5-3-2-4-6-9/h2-6,10-11H,7-8H2,1H3,(H,14,17)(H,15,16)/t10-,11+/m0/s1. The Kier molecular flexibility index (Phi) is 4.25. The zero-order valence-electron chi connectivity index (χ0n) is 10.2. The number of thioether (sulfide) groups is 1. The van der Waals surface area contributed by atoms with E-state index in [4.69, 9.17) is 0 Å². The van der Waals surface area contributed by atoms with Crippen molar-refractivity contribution in [1.82, 2.24) is 10.6 Å². The molecule has 0 spiro atoms. The minimum atomic E-state index is -0.566. The highest BCUT2D eigenvalue weighted by Gasteiger charge is 2.33. The Bertz CT molecular complexity index is 436. The van der Waals surface area contributed by atoms with Gasteiger partial charge in [0.25, 0.3) is 0 Å². The number of rotatable bonds is 4. The Morgan fingerprint density at radius 3 is 2.50 bits per heavy atom. The lowest BCUT2D eigenvalue weighted by atomic mass is 10.0. The molecule has 2 amide bonds. The molecule has 2 N–H and O–H groups in total. The molecule has 96 valence electrons. The van der Waals surface area contributed by atoms with Gasteiger partial charge < -0.3 is 10.6 Å². The third-order valence-electron chi connectivity index (χ3n) is 2.93. The summed E-state index contributed by atoms with van der Waals surface area (Å²) in [4.78, 5) is 23.9. The van der Waals surface area contributed by atoms with Crippen LogP contribution in [0.2, 0.25) is 0 Å². The van der Waals surface area contributed by atoms with Crippen LogP contribution in [0.1, 0.15) is 18.0 Å². The molecule has 1 saturated heterocycles. The van der Waals surface area contributed by atoms with Gasteiger partial charge in [0.05, 0.1) is 0 Å². The number of hydrogen-bond donors (Lipinski definition) is 2. The Labute approximate surface area is 111 Å². The molecular weight excluding hydrogens is 248 g/mol. The van der Waals surface area contributed by atoms with Crippen LogP contribution in [0.4, 0.5) is 0 Å². The van der Waals surface area contributed by atoms with Gasteiger partial charge in [-0.15, -0.1) is 0 Å². The van der Waals surface area contributed by atoms with Crippen molar-refractivity contribution in [3.8, 4) is 0 Å². The van der Waals surface area contributed by atoms with E-state index in [-0.39, 0.29) is 11.8 Å². The molecule has 0 bridgehead atoms. The molecule has 1 aromatic carbocycles. The smallest absolute Gasteiger partial charge is 0.247 e. The maximum absolute atomic E-state index is 12.0. The Morgan fingerprint density at radius 2 is 1.83 bits per heavy atom. The second-order valence-electron chi connectivity index (χ2n) is 4.19. The van der Waals surface area contributed by atoms with Crippen molar-refractivity contribution in [2.24, 2.45) is 0 Å². The normalized spacial score (nSPS) is 23.4. The third kappa shape index (κ3) is 2.85. The van der Waals surface area contributed by atoms with E-state index in [1.807, 2.05) is 36.6 Å². The number of carbonyl (C=O) groups excluding carboxylic acids is 2. The monoisotopic (exact) mass is 264 g/mol. The average Bonchev–Trinajstić information content (AvgIpc) is 2.40. The minimum absolute atomic E-state index is 0.0995. The largest absolute Gasteiger partial charge is 0.342 e. The van der Waals surface area contributed by atoms with Crippen molar-refractivity contribution in [3.63, 3.8) is 0 Å². The fraction of sp³-hybridized carbons (Fsp3) is 0.385. The summed E-state index contributed by atoms with van der Waals surface area (Å²) >= 11 is 1.66. The Hall–Kier alpha value is -1.49. The van der Waals surface area contributed by atoms with Gasteiger partial charge in [-0.3, -0.25) is 9.59 Å². The molecular formula is C13H16N2O2S. The summed E-state index contributed by atoms with van der Waals surface area (Å²) < 4.78 is 0. The van der Waals surface area contributed by atoms with E-state index in [0.717, 1.165) is 11.3 Å². The molecule has 1 aliphatic rings. The van der Waals surface area contributed by atoms with E-state index < -0.39 is 12.1 Å². The second-order valence-corrected chi connectivity index (χ2v) is 5.18. The number of piperazine rings is 1. The molecule has 1 heterocycles. The summed E-state index contributed by atoms with van der Waals surface area (Å²) in [6, 6.07) is 8.31. The number of nitrogens with one attached hydrogen (secondary N) is 2. The maximum Gasteiger partial charge on any atom is 0.247 e. The first kappa shape index (κ1) is 13.0. The van der Waals surface area contributed by atoms with Crippen LogP contribution in [0.25, 0.3) is 0 Å². The van der Waals surface area contributed by atoms with E-state index in [2.05, 4.69) is 10.6 Å². The molecule has 2 atom stereocenters. The van der Waals surface area contributed by atoms with Gasteiger partial charge in [0.2, 0.25) is 11.8 Å². The molecule has 0 aliphatic carbocycles. The van der Waals surface area contributed by atoms with Crippen LogP contribution in [0.3, 0.4) is 0 Å². The van der Waals surface area contributed by atoms with E-state index >= 15 is 0 Å². The lowest BCUT2D eigenvalue weighted by Gasteiger charge is -2.29. The van der Waals surface area contributed by atoms with Gasteiger partial charge in [0.15, 0.2) is 0 Å². The highest BCUT2D eigenvalue weighted by molar-refractivity contribution is 7.98. The number of benzene rings is 1. The van der Waals surface area contributed by atoms with Crippen molar-refractivity contribution in [3.05, 3.63) is 35.9 Å². The lowest BCUT2D eigenvalue weighted by molar-refractivity contribution is -0.137. The van der Waals surface area contributed by atoms with Gasteiger partial charge in [-0.25, -0.2) is 0 Å².